The van der Waals surface area contributed by atoms with Crippen molar-refractivity contribution in [2.75, 3.05) is 5.32 Å². The Kier molecular flexibility index (Phi) is 3.75. The van der Waals surface area contributed by atoms with Gasteiger partial charge in [0.05, 0.1) is 11.0 Å². The Morgan fingerprint density at radius 1 is 1.26 bits per heavy atom. The SMILES string of the molecule is Cc1ccccc1C(C)Nc1ncccc1[N+](=O)[O-]. The molecule has 0 bridgehead atoms. The molecular weight excluding hydrogens is 242 g/mol. The van der Waals surface area contributed by atoms with Crippen LogP contribution in [0.15, 0.2) is 42.6 Å². The van der Waals surface area contributed by atoms with Crippen molar-refractivity contribution >= 4 is 11.5 Å². The van der Waals surface area contributed by atoms with E-state index in [0.29, 0.717) is 5.82 Å². The fraction of sp³-hybridized carbons (Fsp3) is 0.214. The first kappa shape index (κ1) is 13.0. The summed E-state index contributed by atoms with van der Waals surface area (Å²) in [6, 6.07) is 10.9. The standard InChI is InChI=1S/C14H15N3O2/c1-10-6-3-4-7-12(10)11(2)16-14-13(17(18)19)8-5-9-15-14/h3-9,11H,1-2H3,(H,15,16). The normalized spacial score (nSPS) is 11.9. The number of nitrogens with zero attached hydrogens (tertiary/aromatic N) is 2. The van der Waals surface area contributed by atoms with E-state index in [1.54, 1.807) is 12.3 Å². The average molecular weight is 257 g/mol. The lowest BCUT2D eigenvalue weighted by atomic mass is 10.0. The molecule has 0 radical (unpaired) electrons. The van der Waals surface area contributed by atoms with Gasteiger partial charge in [0.15, 0.2) is 0 Å². The smallest absolute Gasteiger partial charge is 0.311 e. The molecule has 19 heavy (non-hydrogen) atoms. The number of hydrogen-bond acceptors (Lipinski definition) is 4. The summed E-state index contributed by atoms with van der Waals surface area (Å²) >= 11 is 0. The van der Waals surface area contributed by atoms with Gasteiger partial charge in [-0.15, -0.1) is 0 Å². The van der Waals surface area contributed by atoms with Gasteiger partial charge in [0.2, 0.25) is 5.82 Å². The second-order valence-electron chi connectivity index (χ2n) is 4.35. The van der Waals surface area contributed by atoms with Crippen LogP contribution in [0.3, 0.4) is 0 Å². The van der Waals surface area contributed by atoms with Crippen molar-refractivity contribution in [3.8, 4) is 0 Å². The first-order valence-electron chi connectivity index (χ1n) is 6.01. The van der Waals surface area contributed by atoms with E-state index in [-0.39, 0.29) is 11.7 Å². The molecule has 0 fully saturated rings. The minimum Gasteiger partial charge on any atom is -0.358 e. The predicted molar refractivity (Wildman–Crippen MR) is 74.1 cm³/mol. The van der Waals surface area contributed by atoms with E-state index in [9.17, 15) is 10.1 Å². The van der Waals surface area contributed by atoms with Crippen LogP contribution in [0.5, 0.6) is 0 Å². The van der Waals surface area contributed by atoms with Crippen molar-refractivity contribution in [2.24, 2.45) is 0 Å². The van der Waals surface area contributed by atoms with Gasteiger partial charge < -0.3 is 5.32 Å². The van der Waals surface area contributed by atoms with E-state index in [0.717, 1.165) is 11.1 Å². The predicted octanol–water partition coefficient (Wildman–Crippen LogP) is 3.47. The zero-order chi connectivity index (χ0) is 13.8. The van der Waals surface area contributed by atoms with E-state index in [2.05, 4.69) is 10.3 Å². The number of benzene rings is 1. The van der Waals surface area contributed by atoms with Crippen molar-refractivity contribution in [3.05, 3.63) is 63.8 Å². The summed E-state index contributed by atoms with van der Waals surface area (Å²) in [5.41, 5.74) is 2.23. The van der Waals surface area contributed by atoms with E-state index < -0.39 is 4.92 Å². The van der Waals surface area contributed by atoms with E-state index in [1.165, 1.54) is 6.07 Å². The fourth-order valence-electron chi connectivity index (χ4n) is 2.01. The zero-order valence-electron chi connectivity index (χ0n) is 10.8. The zero-order valence-corrected chi connectivity index (χ0v) is 10.8. The van der Waals surface area contributed by atoms with Crippen LogP contribution in [0, 0.1) is 17.0 Å². The highest BCUT2D eigenvalue weighted by Crippen LogP contribution is 2.26. The molecule has 2 rings (SSSR count). The first-order valence-corrected chi connectivity index (χ1v) is 6.01. The van der Waals surface area contributed by atoms with Gasteiger partial charge in [0.1, 0.15) is 0 Å². The quantitative estimate of drug-likeness (QED) is 0.672. The van der Waals surface area contributed by atoms with Gasteiger partial charge in [-0.3, -0.25) is 10.1 Å². The lowest BCUT2D eigenvalue weighted by molar-refractivity contribution is -0.384. The number of aryl methyl sites for hydroxylation is 1. The summed E-state index contributed by atoms with van der Waals surface area (Å²) in [4.78, 5) is 14.5. The second-order valence-corrected chi connectivity index (χ2v) is 4.35. The topological polar surface area (TPSA) is 68.1 Å². The minimum absolute atomic E-state index is 0.0112. The van der Waals surface area contributed by atoms with Crippen LogP contribution < -0.4 is 5.32 Å². The number of rotatable bonds is 4. The van der Waals surface area contributed by atoms with Crippen LogP contribution in [-0.4, -0.2) is 9.91 Å². The Morgan fingerprint density at radius 3 is 2.68 bits per heavy atom. The maximum atomic E-state index is 10.9. The summed E-state index contributed by atoms with van der Waals surface area (Å²) in [5, 5.41) is 14.0. The summed E-state index contributed by atoms with van der Waals surface area (Å²) in [6.07, 6.45) is 1.54. The molecule has 0 amide bonds. The lowest BCUT2D eigenvalue weighted by Gasteiger charge is -2.16. The summed E-state index contributed by atoms with van der Waals surface area (Å²) in [6.45, 7) is 3.97. The molecule has 0 saturated heterocycles. The molecule has 98 valence electrons. The molecule has 5 heteroatoms. The maximum absolute atomic E-state index is 10.9. The van der Waals surface area contributed by atoms with Gasteiger partial charge >= 0.3 is 5.69 Å². The van der Waals surface area contributed by atoms with Gasteiger partial charge in [0.25, 0.3) is 0 Å². The molecular formula is C14H15N3O2. The molecule has 1 aromatic carbocycles. The van der Waals surface area contributed by atoms with Crippen molar-refractivity contribution in [2.45, 2.75) is 19.9 Å². The molecule has 0 spiro atoms. The Labute approximate surface area is 111 Å². The molecule has 0 aliphatic rings. The lowest BCUT2D eigenvalue weighted by Crippen LogP contribution is -2.10. The number of aromatic nitrogens is 1. The molecule has 1 aromatic heterocycles. The van der Waals surface area contributed by atoms with Crippen molar-refractivity contribution < 1.29 is 4.92 Å². The maximum Gasteiger partial charge on any atom is 0.311 e. The van der Waals surface area contributed by atoms with Crippen molar-refractivity contribution in [3.63, 3.8) is 0 Å². The molecule has 5 nitrogen and oxygen atoms in total. The number of nitrogens with one attached hydrogen (secondary N) is 1. The summed E-state index contributed by atoms with van der Waals surface area (Å²) in [5.74, 6) is 0.295. The van der Waals surface area contributed by atoms with Gasteiger partial charge in [-0.25, -0.2) is 4.98 Å². The Bertz CT molecular complexity index is 599. The molecule has 1 unspecified atom stereocenters. The molecule has 0 aliphatic heterocycles. The Hall–Kier alpha value is -2.43. The highest BCUT2D eigenvalue weighted by molar-refractivity contribution is 5.56. The van der Waals surface area contributed by atoms with Crippen LogP contribution in [0.4, 0.5) is 11.5 Å². The fourth-order valence-corrected chi connectivity index (χ4v) is 2.01. The average Bonchev–Trinajstić information content (AvgIpc) is 2.39. The molecule has 1 heterocycles. The third kappa shape index (κ3) is 2.88. The van der Waals surface area contributed by atoms with Crippen LogP contribution in [0.2, 0.25) is 0 Å². The van der Waals surface area contributed by atoms with Crippen LogP contribution in [-0.2, 0) is 0 Å². The number of hydrogen-bond donors (Lipinski definition) is 1. The molecule has 0 saturated carbocycles. The molecule has 1 atom stereocenters. The Balaban J connectivity index is 2.27. The van der Waals surface area contributed by atoms with E-state index >= 15 is 0 Å². The molecule has 2 aromatic rings. The second kappa shape index (κ2) is 5.48. The van der Waals surface area contributed by atoms with Crippen molar-refractivity contribution in [1.82, 2.24) is 4.98 Å². The monoisotopic (exact) mass is 257 g/mol. The van der Waals surface area contributed by atoms with E-state index in [4.69, 9.17) is 0 Å². The third-order valence-corrected chi connectivity index (χ3v) is 2.99. The molecule has 1 N–H and O–H groups in total. The number of pyridine rings is 1. The third-order valence-electron chi connectivity index (χ3n) is 2.99. The highest BCUT2D eigenvalue weighted by Gasteiger charge is 2.17. The largest absolute Gasteiger partial charge is 0.358 e. The van der Waals surface area contributed by atoms with Gasteiger partial charge in [-0.05, 0) is 31.0 Å². The summed E-state index contributed by atoms with van der Waals surface area (Å²) < 4.78 is 0. The van der Waals surface area contributed by atoms with Gasteiger partial charge in [0, 0.05) is 12.3 Å². The number of nitro groups is 1. The minimum atomic E-state index is -0.431. The molecule has 0 aliphatic carbocycles. The van der Waals surface area contributed by atoms with Crippen molar-refractivity contribution in [1.29, 1.82) is 0 Å². The van der Waals surface area contributed by atoms with E-state index in [1.807, 2.05) is 38.1 Å². The highest BCUT2D eigenvalue weighted by atomic mass is 16.6. The van der Waals surface area contributed by atoms with Crippen LogP contribution in [0.1, 0.15) is 24.1 Å². The Morgan fingerprint density at radius 2 is 2.00 bits per heavy atom. The first-order chi connectivity index (χ1) is 9.09. The van der Waals surface area contributed by atoms with Crippen LogP contribution >= 0.6 is 0 Å². The van der Waals surface area contributed by atoms with Crippen LogP contribution in [0.25, 0.3) is 0 Å². The van der Waals surface area contributed by atoms with Gasteiger partial charge in [-0.1, -0.05) is 24.3 Å². The van der Waals surface area contributed by atoms with Gasteiger partial charge in [-0.2, -0.15) is 0 Å². The summed E-state index contributed by atoms with van der Waals surface area (Å²) in [7, 11) is 0. The number of anilines is 1.